The Kier molecular flexibility index (Phi) is 5.60. The number of methoxy groups -OCH3 is 1. The first kappa shape index (κ1) is 17.0. The smallest absolute Gasteiger partial charge is 0.126 e. The second kappa shape index (κ2) is 6.59. The van der Waals surface area contributed by atoms with Gasteiger partial charge >= 0.3 is 0 Å². The van der Waals surface area contributed by atoms with Gasteiger partial charge in [0.2, 0.25) is 0 Å². The van der Waals surface area contributed by atoms with Gasteiger partial charge in [-0.25, -0.2) is 0 Å². The van der Waals surface area contributed by atoms with Crippen molar-refractivity contribution in [2.24, 2.45) is 5.73 Å². The lowest BCUT2D eigenvalue weighted by Gasteiger charge is -2.42. The first-order valence-corrected chi connectivity index (χ1v) is 7.45. The molecule has 0 aliphatic rings. The highest BCUT2D eigenvalue weighted by Gasteiger charge is 2.34. The minimum Gasteiger partial charge on any atom is -0.496 e. The third-order valence-corrected chi connectivity index (χ3v) is 4.59. The van der Waals surface area contributed by atoms with Crippen LogP contribution in [0.15, 0.2) is 12.1 Å². The Morgan fingerprint density at radius 1 is 1.20 bits per heavy atom. The largest absolute Gasteiger partial charge is 0.496 e. The second-order valence-corrected chi connectivity index (χ2v) is 5.93. The molecule has 0 saturated heterocycles. The zero-order valence-electron chi connectivity index (χ0n) is 14.1. The molecule has 1 rings (SSSR count). The molecule has 0 spiro atoms. The third kappa shape index (κ3) is 2.99. The number of hydrogen-bond acceptors (Lipinski definition) is 3. The van der Waals surface area contributed by atoms with Crippen LogP contribution in [-0.2, 0) is 0 Å². The van der Waals surface area contributed by atoms with E-state index in [1.807, 2.05) is 0 Å². The van der Waals surface area contributed by atoms with E-state index in [-0.39, 0.29) is 11.6 Å². The molecule has 0 bridgehead atoms. The summed E-state index contributed by atoms with van der Waals surface area (Å²) in [5.74, 6) is 0.928. The molecule has 0 aromatic heterocycles. The van der Waals surface area contributed by atoms with Gasteiger partial charge in [0.05, 0.1) is 13.2 Å². The highest BCUT2D eigenvalue weighted by atomic mass is 16.5. The highest BCUT2D eigenvalue weighted by molar-refractivity contribution is 5.47. The number of nitrogens with two attached hydrogens (primary N) is 1. The molecule has 1 aromatic carbocycles. The van der Waals surface area contributed by atoms with Crippen LogP contribution in [0.2, 0.25) is 0 Å². The topological polar surface area (TPSA) is 38.5 Å². The summed E-state index contributed by atoms with van der Waals surface area (Å²) in [7, 11) is 1.72. The van der Waals surface area contributed by atoms with E-state index in [0.29, 0.717) is 0 Å². The summed E-state index contributed by atoms with van der Waals surface area (Å²) in [5.41, 5.74) is 9.99. The molecule has 1 unspecified atom stereocenters. The van der Waals surface area contributed by atoms with Gasteiger partial charge in [-0.05, 0) is 51.9 Å². The standard InChI is InChI=1S/C17H30N2O/c1-8-19(9-2)17(5,6)16(18)14-11-10-12(3)13(4)15(14)20-7/h10-11,16H,8-9,18H2,1-7H3. The van der Waals surface area contributed by atoms with Gasteiger partial charge in [-0.15, -0.1) is 0 Å². The first-order valence-electron chi connectivity index (χ1n) is 7.45. The average Bonchev–Trinajstić information content (AvgIpc) is 2.41. The van der Waals surface area contributed by atoms with Gasteiger partial charge in [-0.1, -0.05) is 26.0 Å². The molecule has 0 heterocycles. The van der Waals surface area contributed by atoms with Gasteiger partial charge in [-0.2, -0.15) is 0 Å². The number of ether oxygens (including phenoxy) is 1. The summed E-state index contributed by atoms with van der Waals surface area (Å²) >= 11 is 0. The summed E-state index contributed by atoms with van der Waals surface area (Å²) in [6.07, 6.45) is 0. The van der Waals surface area contributed by atoms with E-state index in [4.69, 9.17) is 10.5 Å². The number of hydrogen-bond donors (Lipinski definition) is 1. The zero-order chi connectivity index (χ0) is 15.5. The van der Waals surface area contributed by atoms with E-state index in [9.17, 15) is 0 Å². The summed E-state index contributed by atoms with van der Waals surface area (Å²) < 4.78 is 5.62. The quantitative estimate of drug-likeness (QED) is 0.866. The molecule has 0 saturated carbocycles. The molecule has 0 amide bonds. The maximum atomic E-state index is 6.60. The second-order valence-electron chi connectivity index (χ2n) is 5.93. The van der Waals surface area contributed by atoms with Crippen LogP contribution in [0.3, 0.4) is 0 Å². The van der Waals surface area contributed by atoms with Crippen LogP contribution in [-0.4, -0.2) is 30.6 Å². The number of benzene rings is 1. The van der Waals surface area contributed by atoms with Crippen molar-refractivity contribution in [1.29, 1.82) is 0 Å². The fourth-order valence-electron chi connectivity index (χ4n) is 2.94. The Balaban J connectivity index is 3.27. The van der Waals surface area contributed by atoms with Crippen LogP contribution in [0.5, 0.6) is 5.75 Å². The third-order valence-electron chi connectivity index (χ3n) is 4.59. The van der Waals surface area contributed by atoms with Crippen molar-refractivity contribution in [3.8, 4) is 5.75 Å². The van der Waals surface area contributed by atoms with Crippen LogP contribution in [0.1, 0.15) is 50.4 Å². The van der Waals surface area contributed by atoms with E-state index in [1.54, 1.807) is 7.11 Å². The Bertz CT molecular complexity index is 451. The number of likely N-dealkylation sites (N-methyl/N-ethyl adjacent to an activating group) is 1. The fraction of sp³-hybridized carbons (Fsp3) is 0.647. The summed E-state index contributed by atoms with van der Waals surface area (Å²) in [5, 5.41) is 0. The molecule has 2 N–H and O–H groups in total. The predicted molar refractivity (Wildman–Crippen MR) is 86.4 cm³/mol. The van der Waals surface area contributed by atoms with Crippen LogP contribution in [0.4, 0.5) is 0 Å². The fourth-order valence-corrected chi connectivity index (χ4v) is 2.94. The van der Waals surface area contributed by atoms with Crippen molar-refractivity contribution in [2.45, 2.75) is 53.1 Å². The van der Waals surface area contributed by atoms with Crippen molar-refractivity contribution in [3.05, 3.63) is 28.8 Å². The SMILES string of the molecule is CCN(CC)C(C)(C)C(N)c1ccc(C)c(C)c1OC. The monoisotopic (exact) mass is 278 g/mol. The molecule has 3 nitrogen and oxygen atoms in total. The normalized spacial score (nSPS) is 13.7. The lowest BCUT2D eigenvalue weighted by molar-refractivity contribution is 0.106. The maximum Gasteiger partial charge on any atom is 0.126 e. The zero-order valence-corrected chi connectivity index (χ0v) is 14.1. The van der Waals surface area contributed by atoms with Crippen LogP contribution in [0, 0.1) is 13.8 Å². The van der Waals surface area contributed by atoms with E-state index in [1.165, 1.54) is 11.1 Å². The lowest BCUT2D eigenvalue weighted by Crippen LogP contribution is -2.51. The number of nitrogens with zero attached hydrogens (tertiary/aromatic N) is 1. The molecule has 0 radical (unpaired) electrons. The lowest BCUT2D eigenvalue weighted by atomic mass is 9.85. The van der Waals surface area contributed by atoms with Gasteiger partial charge < -0.3 is 10.5 Å². The molecule has 0 aliphatic heterocycles. The Morgan fingerprint density at radius 2 is 1.75 bits per heavy atom. The Morgan fingerprint density at radius 3 is 2.20 bits per heavy atom. The summed E-state index contributed by atoms with van der Waals surface area (Å²) in [6.45, 7) is 14.9. The highest BCUT2D eigenvalue weighted by Crippen LogP contribution is 2.36. The predicted octanol–water partition coefficient (Wildman–Crippen LogP) is 3.43. The van der Waals surface area contributed by atoms with Crippen LogP contribution in [0.25, 0.3) is 0 Å². The van der Waals surface area contributed by atoms with E-state index in [2.05, 4.69) is 58.6 Å². The van der Waals surface area contributed by atoms with E-state index in [0.717, 1.165) is 24.4 Å². The molecular weight excluding hydrogens is 248 g/mol. The number of aryl methyl sites for hydroxylation is 1. The van der Waals surface area contributed by atoms with Gasteiger partial charge in [-0.3, -0.25) is 4.90 Å². The molecule has 1 atom stereocenters. The van der Waals surface area contributed by atoms with Crippen molar-refractivity contribution in [3.63, 3.8) is 0 Å². The van der Waals surface area contributed by atoms with Crippen LogP contribution < -0.4 is 10.5 Å². The Hall–Kier alpha value is -1.06. The van der Waals surface area contributed by atoms with Crippen molar-refractivity contribution >= 4 is 0 Å². The van der Waals surface area contributed by atoms with Crippen molar-refractivity contribution in [2.75, 3.05) is 20.2 Å². The minimum atomic E-state index is -0.113. The van der Waals surface area contributed by atoms with Gasteiger partial charge in [0.25, 0.3) is 0 Å². The Labute approximate surface area is 124 Å². The molecule has 3 heteroatoms. The molecular formula is C17H30N2O. The molecule has 1 aromatic rings. The van der Waals surface area contributed by atoms with Crippen molar-refractivity contribution < 1.29 is 4.74 Å². The molecule has 0 fully saturated rings. The number of rotatable bonds is 6. The van der Waals surface area contributed by atoms with Crippen molar-refractivity contribution in [1.82, 2.24) is 4.90 Å². The first-order chi connectivity index (χ1) is 9.31. The molecule has 0 aliphatic carbocycles. The molecule has 20 heavy (non-hydrogen) atoms. The maximum absolute atomic E-state index is 6.60. The molecule has 114 valence electrons. The summed E-state index contributed by atoms with van der Waals surface area (Å²) in [6, 6.07) is 4.15. The van der Waals surface area contributed by atoms with E-state index >= 15 is 0 Å². The van der Waals surface area contributed by atoms with E-state index < -0.39 is 0 Å². The van der Waals surface area contributed by atoms with Gasteiger partial charge in [0, 0.05) is 11.1 Å². The van der Waals surface area contributed by atoms with Crippen LogP contribution >= 0.6 is 0 Å². The van der Waals surface area contributed by atoms with Gasteiger partial charge in [0.15, 0.2) is 0 Å². The van der Waals surface area contributed by atoms with Gasteiger partial charge in [0.1, 0.15) is 5.75 Å². The average molecular weight is 278 g/mol. The minimum absolute atomic E-state index is 0.0864. The summed E-state index contributed by atoms with van der Waals surface area (Å²) in [4.78, 5) is 2.40.